The van der Waals surface area contributed by atoms with Gasteiger partial charge in [0, 0.05) is 0 Å². The van der Waals surface area contributed by atoms with E-state index in [2.05, 4.69) is 11.5 Å². The zero-order chi connectivity index (χ0) is 12.0. The van der Waals surface area contributed by atoms with Crippen molar-refractivity contribution in [1.82, 2.24) is 0 Å². The van der Waals surface area contributed by atoms with E-state index in [9.17, 15) is 39.5 Å². The molecule has 0 fully saturated rings. The first-order valence-corrected chi connectivity index (χ1v) is 3.22. The lowest BCUT2D eigenvalue weighted by Crippen LogP contribution is -2.67. The van der Waals surface area contributed by atoms with Gasteiger partial charge in [-0.25, -0.2) is 39.5 Å². The number of alkyl halides is 9. The van der Waals surface area contributed by atoms with Crippen molar-refractivity contribution in [3.05, 3.63) is 0 Å². The minimum atomic E-state index is -6.97. The van der Waals surface area contributed by atoms with Gasteiger partial charge in [-0.2, -0.15) is 0 Å². The van der Waals surface area contributed by atoms with Gasteiger partial charge in [0.1, 0.15) is 0 Å². The molecule has 0 bridgehead atoms. The Bertz CT molecular complexity index is 174. The van der Waals surface area contributed by atoms with E-state index in [4.69, 9.17) is 0 Å². The van der Waals surface area contributed by atoms with Gasteiger partial charge in [-0.3, -0.25) is 0 Å². The number of halogens is 10. The maximum atomic E-state index is 11.6. The first-order valence-electron chi connectivity index (χ1n) is 2.79. The molecule has 86 valence electrons. The Morgan fingerprint density at radius 3 is 0.714 bits per heavy atom. The Hall–Kier alpha value is -0.275. The lowest BCUT2D eigenvalue weighted by atomic mass is 9.44. The van der Waals surface area contributed by atoms with E-state index in [1.807, 2.05) is 0 Å². The molecular formula is C3BClF9-. The summed E-state index contributed by atoms with van der Waals surface area (Å²) in [6.07, 6.45) is -19.8. The van der Waals surface area contributed by atoms with Gasteiger partial charge in [-0.1, -0.05) is 0 Å². The largest absolute Gasteiger partial charge is 0.421 e. The summed E-state index contributed by atoms with van der Waals surface area (Å²) < 4.78 is 104. The highest BCUT2D eigenvalue weighted by molar-refractivity contribution is 7.23. The Kier molecular flexibility index (Phi) is 3.05. The molecule has 0 aliphatic rings. The molecule has 0 saturated heterocycles. The minimum Gasteiger partial charge on any atom is -0.361 e. The van der Waals surface area contributed by atoms with Gasteiger partial charge in [0.15, 0.2) is 0 Å². The Morgan fingerprint density at radius 2 is 0.714 bits per heavy atom. The van der Waals surface area contributed by atoms with Crippen molar-refractivity contribution in [3.8, 4) is 0 Å². The van der Waals surface area contributed by atoms with Crippen molar-refractivity contribution in [2.45, 2.75) is 18.2 Å². The second-order valence-corrected chi connectivity index (χ2v) is 3.04. The van der Waals surface area contributed by atoms with Crippen LogP contribution in [0.4, 0.5) is 39.5 Å². The first kappa shape index (κ1) is 13.7. The van der Waals surface area contributed by atoms with Crippen LogP contribution in [0, 0.1) is 0 Å². The molecule has 0 amide bonds. The fourth-order valence-electron chi connectivity index (χ4n) is 0.557. The molecule has 0 aromatic rings. The van der Waals surface area contributed by atoms with Gasteiger partial charge in [-0.05, 0) is 0 Å². The molecule has 11 heteroatoms. The normalized spacial score (nSPS) is 15.9. The molecule has 0 N–H and O–H groups in total. The molecule has 0 nitrogen and oxygen atoms in total. The summed E-state index contributed by atoms with van der Waals surface area (Å²) in [5, 5.41) is 0. The first-order chi connectivity index (χ1) is 5.75. The van der Waals surface area contributed by atoms with Gasteiger partial charge in [0.25, 0.3) is 18.2 Å². The third kappa shape index (κ3) is 1.89. The highest BCUT2D eigenvalue weighted by Crippen LogP contribution is 2.52. The van der Waals surface area contributed by atoms with Gasteiger partial charge >= 0.3 is 5.56 Å². The van der Waals surface area contributed by atoms with Crippen molar-refractivity contribution in [2.75, 3.05) is 0 Å². The van der Waals surface area contributed by atoms with Crippen LogP contribution in [0.5, 0.6) is 0 Å². The molecular weight excluding hydrogens is 253 g/mol. The summed E-state index contributed by atoms with van der Waals surface area (Å²) >= 11 is 3.66. The average Bonchev–Trinajstić information content (AvgIpc) is 1.77. The quantitative estimate of drug-likeness (QED) is 0.458. The lowest BCUT2D eigenvalue weighted by Gasteiger charge is -2.39. The SMILES string of the molecule is FC(F)(F)[B-](Cl)(C(F)(F)F)C(F)(F)F. The van der Waals surface area contributed by atoms with E-state index < -0.39 is 23.8 Å². The topological polar surface area (TPSA) is 0 Å². The van der Waals surface area contributed by atoms with Crippen molar-refractivity contribution in [1.29, 1.82) is 0 Å². The highest BCUT2D eigenvalue weighted by Gasteiger charge is 2.78. The standard InChI is InChI=1S/C3BClF9/c5-4(1(6,7)8,2(9,10)11)3(12,13)14/q-1. The monoisotopic (exact) mass is 253 g/mol. The number of rotatable bonds is 0. The van der Waals surface area contributed by atoms with Crippen LogP contribution in [0.3, 0.4) is 0 Å². The van der Waals surface area contributed by atoms with Gasteiger partial charge in [-0.15, -0.1) is 0 Å². The summed E-state index contributed by atoms with van der Waals surface area (Å²) in [5.74, 6) is 0. The predicted octanol–water partition coefficient (Wildman–Crippen LogP) is 3.48. The summed E-state index contributed by atoms with van der Waals surface area (Å²) in [6.45, 7) is 0. The van der Waals surface area contributed by atoms with Gasteiger partial charge in [0.05, 0.1) is 0 Å². The fourth-order valence-corrected chi connectivity index (χ4v) is 0.557. The fraction of sp³-hybridized carbons (Fsp3) is 1.00. The lowest BCUT2D eigenvalue weighted by molar-refractivity contribution is -0.156. The molecule has 0 aromatic heterocycles. The molecule has 0 saturated carbocycles. The molecule has 0 rings (SSSR count). The Balaban J connectivity index is 5.54. The smallest absolute Gasteiger partial charge is 0.361 e. The molecule has 0 heterocycles. The maximum Gasteiger partial charge on any atom is 0.421 e. The van der Waals surface area contributed by atoms with Gasteiger partial charge in [0.2, 0.25) is 0 Å². The Morgan fingerprint density at radius 1 is 0.571 bits per heavy atom. The van der Waals surface area contributed by atoms with E-state index >= 15 is 0 Å². The third-order valence-electron chi connectivity index (χ3n) is 1.35. The molecule has 0 unspecified atom stereocenters. The third-order valence-corrected chi connectivity index (χ3v) is 2.10. The highest BCUT2D eigenvalue weighted by atomic mass is 35.5. The van der Waals surface area contributed by atoms with Crippen LogP contribution in [0.1, 0.15) is 0 Å². The average molecular weight is 253 g/mol. The van der Waals surface area contributed by atoms with E-state index in [1.54, 1.807) is 0 Å². The summed E-state index contributed by atoms with van der Waals surface area (Å²) in [6, 6.07) is 0. The Labute approximate surface area is 75.8 Å². The molecule has 0 aliphatic heterocycles. The summed E-state index contributed by atoms with van der Waals surface area (Å²) in [5.41, 5.74) is -6.97. The van der Waals surface area contributed by atoms with Crippen molar-refractivity contribution in [2.24, 2.45) is 0 Å². The van der Waals surface area contributed by atoms with Crippen LogP contribution in [-0.2, 0) is 0 Å². The number of hydrogen-bond acceptors (Lipinski definition) is 0. The zero-order valence-electron chi connectivity index (χ0n) is 5.86. The second-order valence-electron chi connectivity index (χ2n) is 2.39. The van der Waals surface area contributed by atoms with Crippen molar-refractivity contribution < 1.29 is 39.5 Å². The molecule has 0 atom stereocenters. The second kappa shape index (κ2) is 3.11. The van der Waals surface area contributed by atoms with Crippen LogP contribution in [0.25, 0.3) is 0 Å². The molecule has 0 spiro atoms. The van der Waals surface area contributed by atoms with Gasteiger partial charge < -0.3 is 11.5 Å². The van der Waals surface area contributed by atoms with E-state index in [0.717, 1.165) is 0 Å². The van der Waals surface area contributed by atoms with E-state index in [1.165, 1.54) is 0 Å². The van der Waals surface area contributed by atoms with E-state index in [-0.39, 0.29) is 0 Å². The van der Waals surface area contributed by atoms with Crippen molar-refractivity contribution in [3.63, 3.8) is 0 Å². The van der Waals surface area contributed by atoms with Crippen LogP contribution in [0.2, 0.25) is 0 Å². The molecule has 14 heavy (non-hydrogen) atoms. The van der Waals surface area contributed by atoms with Crippen molar-refractivity contribution >= 4 is 17.0 Å². The molecule has 0 aliphatic carbocycles. The van der Waals surface area contributed by atoms with Crippen LogP contribution in [-0.4, -0.2) is 23.8 Å². The summed E-state index contributed by atoms with van der Waals surface area (Å²) in [7, 11) is 0. The minimum absolute atomic E-state index is 3.66. The predicted molar refractivity (Wildman–Crippen MR) is 29.8 cm³/mol. The maximum absolute atomic E-state index is 11.6. The van der Waals surface area contributed by atoms with E-state index in [0.29, 0.717) is 0 Å². The molecule has 0 radical (unpaired) electrons. The molecule has 0 aromatic carbocycles. The summed E-state index contributed by atoms with van der Waals surface area (Å²) in [4.78, 5) is 0. The van der Waals surface area contributed by atoms with Crippen LogP contribution < -0.4 is 0 Å². The number of hydrogen-bond donors (Lipinski definition) is 0. The zero-order valence-corrected chi connectivity index (χ0v) is 6.61. The van der Waals surface area contributed by atoms with Crippen LogP contribution in [0.15, 0.2) is 0 Å². The van der Waals surface area contributed by atoms with Crippen LogP contribution >= 0.6 is 11.5 Å².